The number of rotatable bonds is 3. The van der Waals surface area contributed by atoms with Gasteiger partial charge in [-0.25, -0.2) is 0 Å². The van der Waals surface area contributed by atoms with Gasteiger partial charge in [-0.2, -0.15) is 5.10 Å². The van der Waals surface area contributed by atoms with E-state index >= 15 is 0 Å². The van der Waals surface area contributed by atoms with Crippen LogP contribution in [0.5, 0.6) is 0 Å². The van der Waals surface area contributed by atoms with Crippen molar-refractivity contribution in [1.82, 2.24) is 9.78 Å². The maximum atomic E-state index is 5.98. The third-order valence-electron chi connectivity index (χ3n) is 1.96. The van der Waals surface area contributed by atoms with E-state index in [2.05, 4.69) is 18.9 Å². The second-order valence-corrected chi connectivity index (χ2v) is 3.62. The van der Waals surface area contributed by atoms with Crippen LogP contribution in [0.25, 0.3) is 0 Å². The molecule has 0 spiro atoms. The molecule has 2 N–H and O–H groups in total. The average Bonchev–Trinajstić information content (AvgIpc) is 2.33. The SMILES string of the molecule is CC(C)CC(N)c1ccnn1C. The van der Waals surface area contributed by atoms with Gasteiger partial charge in [0.05, 0.1) is 5.69 Å². The number of hydrogen-bond acceptors (Lipinski definition) is 2. The molecule has 3 heteroatoms. The third-order valence-corrected chi connectivity index (χ3v) is 1.96. The topological polar surface area (TPSA) is 43.8 Å². The highest BCUT2D eigenvalue weighted by molar-refractivity contribution is 5.05. The van der Waals surface area contributed by atoms with Gasteiger partial charge in [0, 0.05) is 19.3 Å². The minimum Gasteiger partial charge on any atom is -0.323 e. The maximum absolute atomic E-state index is 5.98. The molecule has 1 unspecified atom stereocenters. The number of aryl methyl sites for hydroxylation is 1. The van der Waals surface area contributed by atoms with Gasteiger partial charge in [0.25, 0.3) is 0 Å². The summed E-state index contributed by atoms with van der Waals surface area (Å²) >= 11 is 0. The van der Waals surface area contributed by atoms with Crippen molar-refractivity contribution in [3.8, 4) is 0 Å². The highest BCUT2D eigenvalue weighted by Crippen LogP contribution is 2.17. The molecule has 1 aromatic rings. The van der Waals surface area contributed by atoms with Crippen molar-refractivity contribution in [3.63, 3.8) is 0 Å². The first-order valence-electron chi connectivity index (χ1n) is 4.34. The highest BCUT2D eigenvalue weighted by atomic mass is 15.3. The largest absolute Gasteiger partial charge is 0.323 e. The Hall–Kier alpha value is -0.830. The Bertz CT molecular complexity index is 240. The molecule has 0 radical (unpaired) electrons. The van der Waals surface area contributed by atoms with Crippen LogP contribution in [-0.2, 0) is 7.05 Å². The van der Waals surface area contributed by atoms with Crippen LogP contribution in [0.15, 0.2) is 12.3 Å². The van der Waals surface area contributed by atoms with Crippen LogP contribution in [0.4, 0.5) is 0 Å². The van der Waals surface area contributed by atoms with E-state index in [9.17, 15) is 0 Å². The number of nitrogens with zero attached hydrogens (tertiary/aromatic N) is 2. The average molecular weight is 167 g/mol. The van der Waals surface area contributed by atoms with E-state index in [1.54, 1.807) is 6.20 Å². The molecule has 3 nitrogen and oxygen atoms in total. The fourth-order valence-electron chi connectivity index (χ4n) is 1.38. The maximum Gasteiger partial charge on any atom is 0.0548 e. The van der Waals surface area contributed by atoms with Gasteiger partial charge in [0.2, 0.25) is 0 Å². The summed E-state index contributed by atoms with van der Waals surface area (Å²) in [5.41, 5.74) is 7.09. The first-order chi connectivity index (χ1) is 5.61. The summed E-state index contributed by atoms with van der Waals surface area (Å²) in [5.74, 6) is 0.634. The predicted octanol–water partition coefficient (Wildman–Crippen LogP) is 1.47. The Balaban J connectivity index is 2.65. The lowest BCUT2D eigenvalue weighted by Gasteiger charge is -2.13. The molecule has 1 aromatic heterocycles. The molecule has 0 amide bonds. The van der Waals surface area contributed by atoms with Crippen molar-refractivity contribution in [2.75, 3.05) is 0 Å². The van der Waals surface area contributed by atoms with E-state index in [0.717, 1.165) is 12.1 Å². The van der Waals surface area contributed by atoms with Crippen molar-refractivity contribution in [1.29, 1.82) is 0 Å². The summed E-state index contributed by atoms with van der Waals surface area (Å²) in [6.45, 7) is 4.35. The molecule has 1 rings (SSSR count). The highest BCUT2D eigenvalue weighted by Gasteiger charge is 2.10. The molecule has 0 aliphatic carbocycles. The lowest BCUT2D eigenvalue weighted by molar-refractivity contribution is 0.485. The van der Waals surface area contributed by atoms with Crippen molar-refractivity contribution >= 4 is 0 Å². The van der Waals surface area contributed by atoms with Crippen molar-refractivity contribution in [2.45, 2.75) is 26.3 Å². The Kier molecular flexibility index (Phi) is 2.87. The molecule has 0 saturated carbocycles. The standard InChI is InChI=1S/C9H17N3/c1-7(2)6-8(10)9-4-5-11-12(9)3/h4-5,7-8H,6,10H2,1-3H3. The first-order valence-corrected chi connectivity index (χ1v) is 4.34. The normalized spacial score (nSPS) is 13.8. The summed E-state index contributed by atoms with van der Waals surface area (Å²) in [5, 5.41) is 4.08. The molecule has 0 aliphatic heterocycles. The van der Waals surface area contributed by atoms with E-state index in [1.165, 1.54) is 0 Å². The molecular formula is C9H17N3. The first kappa shape index (κ1) is 9.26. The van der Waals surface area contributed by atoms with Crippen molar-refractivity contribution < 1.29 is 0 Å². The Labute approximate surface area is 73.6 Å². The number of aromatic nitrogens is 2. The summed E-state index contributed by atoms with van der Waals surface area (Å²) in [6.07, 6.45) is 2.80. The zero-order chi connectivity index (χ0) is 9.14. The van der Waals surface area contributed by atoms with Crippen LogP contribution in [-0.4, -0.2) is 9.78 Å². The van der Waals surface area contributed by atoms with Gasteiger partial charge in [0.15, 0.2) is 0 Å². The molecule has 0 saturated heterocycles. The van der Waals surface area contributed by atoms with E-state index < -0.39 is 0 Å². The van der Waals surface area contributed by atoms with Gasteiger partial charge in [-0.05, 0) is 18.4 Å². The third kappa shape index (κ3) is 2.08. The molecule has 0 fully saturated rings. The van der Waals surface area contributed by atoms with Crippen LogP contribution in [0.2, 0.25) is 0 Å². The lowest BCUT2D eigenvalue weighted by Crippen LogP contribution is -2.16. The van der Waals surface area contributed by atoms with E-state index in [4.69, 9.17) is 5.73 Å². The van der Waals surface area contributed by atoms with Crippen LogP contribution in [0, 0.1) is 5.92 Å². The monoisotopic (exact) mass is 167 g/mol. The molecular weight excluding hydrogens is 150 g/mol. The lowest BCUT2D eigenvalue weighted by atomic mass is 10.0. The summed E-state index contributed by atoms with van der Waals surface area (Å²) < 4.78 is 1.84. The molecule has 1 atom stereocenters. The summed E-state index contributed by atoms with van der Waals surface area (Å²) in [7, 11) is 1.93. The Morgan fingerprint density at radius 3 is 2.67 bits per heavy atom. The number of hydrogen-bond donors (Lipinski definition) is 1. The molecule has 0 aromatic carbocycles. The van der Waals surface area contributed by atoms with E-state index in [0.29, 0.717) is 5.92 Å². The van der Waals surface area contributed by atoms with Crippen molar-refractivity contribution in [3.05, 3.63) is 18.0 Å². The van der Waals surface area contributed by atoms with Crippen LogP contribution in [0.3, 0.4) is 0 Å². The molecule has 0 aliphatic rings. The second-order valence-electron chi connectivity index (χ2n) is 3.62. The quantitative estimate of drug-likeness (QED) is 0.740. The summed E-state index contributed by atoms with van der Waals surface area (Å²) in [4.78, 5) is 0. The zero-order valence-electron chi connectivity index (χ0n) is 7.99. The van der Waals surface area contributed by atoms with Gasteiger partial charge in [-0.15, -0.1) is 0 Å². The predicted molar refractivity (Wildman–Crippen MR) is 49.6 cm³/mol. The van der Waals surface area contributed by atoms with E-state index in [1.807, 2.05) is 17.8 Å². The second kappa shape index (κ2) is 3.72. The molecule has 1 heterocycles. The van der Waals surface area contributed by atoms with E-state index in [-0.39, 0.29) is 6.04 Å². The Morgan fingerprint density at radius 1 is 1.58 bits per heavy atom. The summed E-state index contributed by atoms with van der Waals surface area (Å²) in [6, 6.07) is 2.10. The molecule has 12 heavy (non-hydrogen) atoms. The molecule has 0 bridgehead atoms. The van der Waals surface area contributed by atoms with Gasteiger partial charge >= 0.3 is 0 Å². The smallest absolute Gasteiger partial charge is 0.0548 e. The fraction of sp³-hybridized carbons (Fsp3) is 0.667. The van der Waals surface area contributed by atoms with Crippen LogP contribution >= 0.6 is 0 Å². The Morgan fingerprint density at radius 2 is 2.25 bits per heavy atom. The van der Waals surface area contributed by atoms with Crippen LogP contribution < -0.4 is 5.73 Å². The van der Waals surface area contributed by atoms with Gasteiger partial charge in [-0.1, -0.05) is 13.8 Å². The van der Waals surface area contributed by atoms with Gasteiger partial charge in [0.1, 0.15) is 0 Å². The van der Waals surface area contributed by atoms with Gasteiger partial charge < -0.3 is 5.73 Å². The fourth-order valence-corrected chi connectivity index (χ4v) is 1.38. The minimum absolute atomic E-state index is 0.123. The van der Waals surface area contributed by atoms with Gasteiger partial charge in [-0.3, -0.25) is 4.68 Å². The van der Waals surface area contributed by atoms with Crippen LogP contribution in [0.1, 0.15) is 32.0 Å². The number of nitrogens with two attached hydrogens (primary N) is 1. The molecule has 68 valence electrons. The minimum atomic E-state index is 0.123. The van der Waals surface area contributed by atoms with Crippen molar-refractivity contribution in [2.24, 2.45) is 18.7 Å². The zero-order valence-corrected chi connectivity index (χ0v) is 7.99.